The van der Waals surface area contributed by atoms with Crippen molar-refractivity contribution in [2.24, 2.45) is 5.41 Å². The number of nitrogens with one attached hydrogen (secondary N) is 3. The molecular weight excluding hydrogens is 454 g/mol. The maximum Gasteiger partial charge on any atom is 0.229 e. The molecule has 190 valence electrons. The van der Waals surface area contributed by atoms with Crippen LogP contribution in [0.3, 0.4) is 0 Å². The quantitative estimate of drug-likeness (QED) is 0.387. The molecule has 3 heterocycles. The molecule has 5 rings (SSSR count). The van der Waals surface area contributed by atoms with Gasteiger partial charge in [-0.2, -0.15) is 5.10 Å². The lowest BCUT2D eigenvalue weighted by atomic mass is 9.95. The van der Waals surface area contributed by atoms with Gasteiger partial charge in [-0.15, -0.1) is 0 Å². The fourth-order valence-electron chi connectivity index (χ4n) is 4.57. The van der Waals surface area contributed by atoms with Gasteiger partial charge < -0.3 is 24.8 Å². The van der Waals surface area contributed by atoms with Gasteiger partial charge in [0.05, 0.1) is 29.3 Å². The molecule has 2 unspecified atom stereocenters. The van der Waals surface area contributed by atoms with Crippen molar-refractivity contribution < 1.29 is 9.53 Å². The number of H-pyrrole nitrogens is 2. The van der Waals surface area contributed by atoms with Crippen molar-refractivity contribution >= 4 is 39.2 Å². The third-order valence-corrected chi connectivity index (χ3v) is 6.60. The van der Waals surface area contributed by atoms with Crippen LogP contribution in [0, 0.1) is 5.41 Å². The Balaban J connectivity index is 1.44. The highest BCUT2D eigenvalue weighted by Gasteiger charge is 2.27. The summed E-state index contributed by atoms with van der Waals surface area (Å²) in [5, 5.41) is 11.5. The molecule has 2 aromatic carbocycles. The fraction of sp³-hybridized carbons (Fsp3) is 0.444. The maximum absolute atomic E-state index is 12.5. The van der Waals surface area contributed by atoms with E-state index in [-0.39, 0.29) is 12.0 Å². The van der Waals surface area contributed by atoms with Crippen LogP contribution in [0.5, 0.6) is 0 Å². The summed E-state index contributed by atoms with van der Waals surface area (Å²) in [7, 11) is 4.15. The SMILES string of the molecule is CC1COC(CN(C)C)CN1c1ccc2nc(-c3n[nH]c4ccc(NC(=O)C(C)(C)C)cc34)[nH]c2c1. The molecule has 0 bridgehead atoms. The molecule has 0 aliphatic carbocycles. The average Bonchev–Trinajstić information content (AvgIpc) is 3.42. The lowest BCUT2D eigenvalue weighted by Gasteiger charge is -2.40. The van der Waals surface area contributed by atoms with Gasteiger partial charge >= 0.3 is 0 Å². The molecule has 36 heavy (non-hydrogen) atoms. The largest absolute Gasteiger partial charge is 0.373 e. The Hall–Kier alpha value is -3.43. The van der Waals surface area contributed by atoms with Gasteiger partial charge in [0.2, 0.25) is 5.91 Å². The number of morpholine rings is 1. The first-order valence-electron chi connectivity index (χ1n) is 12.4. The molecule has 9 heteroatoms. The summed E-state index contributed by atoms with van der Waals surface area (Å²) in [5.41, 5.74) is 4.85. The van der Waals surface area contributed by atoms with Crippen molar-refractivity contribution in [1.29, 1.82) is 0 Å². The monoisotopic (exact) mass is 489 g/mol. The topological polar surface area (TPSA) is 102 Å². The molecule has 9 nitrogen and oxygen atoms in total. The Labute approximate surface area is 211 Å². The summed E-state index contributed by atoms with van der Waals surface area (Å²) in [6, 6.07) is 12.4. The normalized spacial score (nSPS) is 18.9. The van der Waals surface area contributed by atoms with Crippen molar-refractivity contribution in [2.75, 3.05) is 44.0 Å². The highest BCUT2D eigenvalue weighted by atomic mass is 16.5. The summed E-state index contributed by atoms with van der Waals surface area (Å²) >= 11 is 0. The first-order valence-corrected chi connectivity index (χ1v) is 12.4. The van der Waals surface area contributed by atoms with Gasteiger partial charge in [0.15, 0.2) is 5.82 Å². The zero-order valence-electron chi connectivity index (χ0n) is 21.8. The molecule has 3 N–H and O–H groups in total. The average molecular weight is 490 g/mol. The second-order valence-electron chi connectivity index (χ2n) is 11.0. The number of hydrogen-bond donors (Lipinski definition) is 3. The fourth-order valence-corrected chi connectivity index (χ4v) is 4.57. The number of benzene rings is 2. The first-order chi connectivity index (χ1) is 17.1. The third-order valence-electron chi connectivity index (χ3n) is 6.60. The van der Waals surface area contributed by atoms with Crippen LogP contribution < -0.4 is 10.2 Å². The predicted octanol–water partition coefficient (Wildman–Crippen LogP) is 4.25. The number of imidazole rings is 1. The minimum atomic E-state index is -0.477. The molecule has 0 saturated carbocycles. The molecule has 1 aliphatic heterocycles. The lowest BCUT2D eigenvalue weighted by Crippen LogP contribution is -2.51. The van der Waals surface area contributed by atoms with E-state index in [0.717, 1.165) is 52.1 Å². The highest BCUT2D eigenvalue weighted by molar-refractivity contribution is 5.99. The third kappa shape index (κ3) is 4.81. The van der Waals surface area contributed by atoms with Crippen LogP contribution >= 0.6 is 0 Å². The van der Waals surface area contributed by atoms with Gasteiger partial charge in [0.1, 0.15) is 5.69 Å². The van der Waals surface area contributed by atoms with E-state index in [0.29, 0.717) is 18.5 Å². The van der Waals surface area contributed by atoms with E-state index in [2.05, 4.69) is 69.5 Å². The molecule has 0 spiro atoms. The van der Waals surface area contributed by atoms with Crippen molar-refractivity contribution in [3.8, 4) is 11.5 Å². The van der Waals surface area contributed by atoms with Crippen molar-refractivity contribution in [3.63, 3.8) is 0 Å². The maximum atomic E-state index is 12.5. The Morgan fingerprint density at radius 1 is 1.19 bits per heavy atom. The number of likely N-dealkylation sites (N-methyl/N-ethyl adjacent to an activating group) is 1. The molecule has 1 amide bonds. The number of rotatable bonds is 5. The summed E-state index contributed by atoms with van der Waals surface area (Å²) in [5.74, 6) is 0.654. The smallest absolute Gasteiger partial charge is 0.229 e. The van der Waals surface area contributed by atoms with Crippen molar-refractivity contribution in [2.45, 2.75) is 39.8 Å². The van der Waals surface area contributed by atoms with Crippen LogP contribution in [-0.2, 0) is 9.53 Å². The number of anilines is 2. The van der Waals surface area contributed by atoms with Crippen LogP contribution in [0.4, 0.5) is 11.4 Å². The number of carbonyl (C=O) groups is 1. The first kappa shape index (κ1) is 24.3. The molecule has 1 fully saturated rings. The van der Waals surface area contributed by atoms with E-state index in [1.54, 1.807) is 0 Å². The van der Waals surface area contributed by atoms with Gasteiger partial charge in [-0.25, -0.2) is 4.98 Å². The van der Waals surface area contributed by atoms with Crippen molar-refractivity contribution in [1.82, 2.24) is 25.1 Å². The van der Waals surface area contributed by atoms with Crippen LogP contribution in [0.25, 0.3) is 33.5 Å². The van der Waals surface area contributed by atoms with E-state index < -0.39 is 5.41 Å². The van der Waals surface area contributed by atoms with Gasteiger partial charge in [-0.1, -0.05) is 20.8 Å². The number of ether oxygens (including phenoxy) is 1. The van der Waals surface area contributed by atoms with Crippen LogP contribution in [0.1, 0.15) is 27.7 Å². The Morgan fingerprint density at radius 3 is 2.75 bits per heavy atom. The van der Waals surface area contributed by atoms with Crippen LogP contribution in [0.15, 0.2) is 36.4 Å². The second-order valence-corrected chi connectivity index (χ2v) is 11.0. The lowest BCUT2D eigenvalue weighted by molar-refractivity contribution is -0.123. The van der Waals surface area contributed by atoms with E-state index in [1.807, 2.05) is 39.0 Å². The summed E-state index contributed by atoms with van der Waals surface area (Å²) < 4.78 is 6.04. The minimum Gasteiger partial charge on any atom is -0.373 e. The number of aromatic nitrogens is 4. The Bertz CT molecular complexity index is 1400. The van der Waals surface area contributed by atoms with E-state index in [9.17, 15) is 4.79 Å². The summed E-state index contributed by atoms with van der Waals surface area (Å²) in [4.78, 5) is 25.3. The molecule has 2 atom stereocenters. The Kier molecular flexibility index (Phi) is 6.22. The number of aromatic amines is 2. The van der Waals surface area contributed by atoms with Crippen LogP contribution in [-0.4, -0.2) is 76.9 Å². The standard InChI is InChI=1S/C27H35N7O2/c1-16-15-36-19(13-33(5)6)14-34(16)18-8-10-22-23(12-18)30-25(29-22)24-20-11-17(7-9-21(20)31-32-24)28-26(35)27(2,3)4/h7-12,16,19H,13-15H2,1-6H3,(H,28,35)(H,29,30)(H,31,32). The number of nitrogens with zero attached hydrogens (tertiary/aromatic N) is 4. The molecule has 1 saturated heterocycles. The second kappa shape index (κ2) is 9.22. The molecule has 2 aromatic heterocycles. The van der Waals surface area contributed by atoms with Gasteiger partial charge in [0, 0.05) is 41.3 Å². The van der Waals surface area contributed by atoms with Gasteiger partial charge in [-0.05, 0) is 57.4 Å². The summed E-state index contributed by atoms with van der Waals surface area (Å²) in [6.45, 7) is 10.3. The zero-order valence-corrected chi connectivity index (χ0v) is 21.8. The summed E-state index contributed by atoms with van der Waals surface area (Å²) in [6.07, 6.45) is 0.174. The number of fused-ring (bicyclic) bond motifs is 2. The molecule has 4 aromatic rings. The van der Waals surface area contributed by atoms with Gasteiger partial charge in [0.25, 0.3) is 0 Å². The molecule has 0 radical (unpaired) electrons. The van der Waals surface area contributed by atoms with Gasteiger partial charge in [-0.3, -0.25) is 9.89 Å². The van der Waals surface area contributed by atoms with Crippen LogP contribution in [0.2, 0.25) is 0 Å². The highest BCUT2D eigenvalue weighted by Crippen LogP contribution is 2.31. The van der Waals surface area contributed by atoms with E-state index in [4.69, 9.17) is 9.72 Å². The molecule has 1 aliphatic rings. The zero-order chi connectivity index (χ0) is 25.6. The minimum absolute atomic E-state index is 0.0340. The Morgan fingerprint density at radius 2 is 2.00 bits per heavy atom. The van der Waals surface area contributed by atoms with E-state index >= 15 is 0 Å². The van der Waals surface area contributed by atoms with Crippen molar-refractivity contribution in [3.05, 3.63) is 36.4 Å². The number of amides is 1. The number of hydrogen-bond acceptors (Lipinski definition) is 6. The van der Waals surface area contributed by atoms with E-state index in [1.165, 1.54) is 0 Å². The predicted molar refractivity (Wildman–Crippen MR) is 144 cm³/mol. The number of carbonyl (C=O) groups excluding carboxylic acids is 1. The molecular formula is C27H35N7O2.